The van der Waals surface area contributed by atoms with Gasteiger partial charge in [-0.05, 0) is 35.9 Å². The van der Waals surface area contributed by atoms with Crippen molar-refractivity contribution in [1.82, 2.24) is 0 Å². The van der Waals surface area contributed by atoms with E-state index in [-0.39, 0.29) is 23.0 Å². The summed E-state index contributed by atoms with van der Waals surface area (Å²) in [7, 11) is 0. The molecule has 3 nitrogen and oxygen atoms in total. The van der Waals surface area contributed by atoms with Crippen molar-refractivity contribution >= 4 is 5.69 Å². The van der Waals surface area contributed by atoms with E-state index >= 15 is 0 Å². The molecular weight excluding hydrogens is 312 g/mol. The smallest absolute Gasteiger partial charge is 0.270 e. The van der Waals surface area contributed by atoms with Gasteiger partial charge in [-0.1, -0.05) is 18.7 Å². The highest BCUT2D eigenvalue weighted by Crippen LogP contribution is 2.37. The zero-order valence-corrected chi connectivity index (χ0v) is 13.3. The Kier molecular flexibility index (Phi) is 3.95. The summed E-state index contributed by atoms with van der Waals surface area (Å²) in [4.78, 5) is 2.06. The lowest BCUT2D eigenvalue weighted by Crippen LogP contribution is -2.47. The second-order valence-corrected chi connectivity index (χ2v) is 6.26. The van der Waals surface area contributed by atoms with Gasteiger partial charge < -0.3 is 15.1 Å². The third-order valence-corrected chi connectivity index (χ3v) is 4.38. The number of benzene rings is 2. The van der Waals surface area contributed by atoms with Crippen molar-refractivity contribution in [3.63, 3.8) is 0 Å². The predicted octanol–water partition coefficient (Wildman–Crippen LogP) is 4.68. The van der Waals surface area contributed by atoms with Crippen LogP contribution in [0.4, 0.5) is 14.5 Å². The number of nitrogens with zero attached hydrogens (tertiary/aromatic N) is 1. The first-order chi connectivity index (χ1) is 11.3. The van der Waals surface area contributed by atoms with Crippen molar-refractivity contribution in [2.45, 2.75) is 12.8 Å². The number of anilines is 1. The van der Waals surface area contributed by atoms with Crippen LogP contribution in [0.3, 0.4) is 0 Å². The molecule has 1 aliphatic rings. The van der Waals surface area contributed by atoms with Gasteiger partial charge in [0.05, 0.1) is 11.7 Å². The third kappa shape index (κ3) is 3.07. The second kappa shape index (κ2) is 5.82. The first-order valence-electron chi connectivity index (χ1n) is 7.70. The summed E-state index contributed by atoms with van der Waals surface area (Å²) in [6, 6.07) is 11.2. The zero-order valence-electron chi connectivity index (χ0n) is 13.3. The lowest BCUT2D eigenvalue weighted by Gasteiger charge is -2.40. The largest absolute Gasteiger partial charge is 0.513 e. The molecule has 126 valence electrons. The first-order valence-corrected chi connectivity index (χ1v) is 7.70. The van der Waals surface area contributed by atoms with Crippen molar-refractivity contribution < 1.29 is 19.0 Å². The van der Waals surface area contributed by atoms with Gasteiger partial charge in [-0.25, -0.2) is 8.78 Å². The van der Waals surface area contributed by atoms with Gasteiger partial charge in [-0.3, -0.25) is 0 Å². The molecule has 1 aliphatic heterocycles. The fraction of sp³-hybridized carbons (Fsp3) is 0.263. The summed E-state index contributed by atoms with van der Waals surface area (Å²) in [5.41, 5.74) is 1.82. The molecule has 2 aromatic rings. The van der Waals surface area contributed by atoms with E-state index in [1.165, 1.54) is 18.2 Å². The predicted molar refractivity (Wildman–Crippen MR) is 90.6 cm³/mol. The van der Waals surface area contributed by atoms with Gasteiger partial charge in [-0.2, -0.15) is 0 Å². The second-order valence-electron chi connectivity index (χ2n) is 6.26. The fourth-order valence-corrected chi connectivity index (χ4v) is 2.81. The Morgan fingerprint density at radius 2 is 1.92 bits per heavy atom. The van der Waals surface area contributed by atoms with Crippen LogP contribution in [0.15, 0.2) is 54.8 Å². The molecule has 24 heavy (non-hydrogen) atoms. The molecule has 0 unspecified atom stereocenters. The molecule has 3 rings (SSSR count). The van der Waals surface area contributed by atoms with Crippen LogP contribution in [0, 0.1) is 5.92 Å². The maximum absolute atomic E-state index is 13.6. The summed E-state index contributed by atoms with van der Waals surface area (Å²) in [5, 5.41) is 19.5. The molecule has 5 heteroatoms. The van der Waals surface area contributed by atoms with Gasteiger partial charge in [0.1, 0.15) is 5.75 Å². The Balaban J connectivity index is 1.91. The molecule has 2 N–H and O–H groups in total. The van der Waals surface area contributed by atoms with Crippen molar-refractivity contribution in [1.29, 1.82) is 0 Å². The van der Waals surface area contributed by atoms with E-state index < -0.39 is 5.92 Å². The minimum absolute atomic E-state index is 0.0367. The Morgan fingerprint density at radius 3 is 2.54 bits per heavy atom. The fourth-order valence-electron chi connectivity index (χ4n) is 2.81. The average molecular weight is 331 g/mol. The van der Waals surface area contributed by atoms with Gasteiger partial charge in [0.15, 0.2) is 0 Å². The van der Waals surface area contributed by atoms with Gasteiger partial charge in [0.2, 0.25) is 0 Å². The van der Waals surface area contributed by atoms with Crippen molar-refractivity contribution in [2.24, 2.45) is 5.92 Å². The highest BCUT2D eigenvalue weighted by atomic mass is 19.3. The molecule has 0 aromatic heterocycles. The van der Waals surface area contributed by atoms with Crippen LogP contribution in [-0.4, -0.2) is 23.3 Å². The average Bonchev–Trinajstić information content (AvgIpc) is 2.45. The number of hydrogen-bond donors (Lipinski definition) is 2. The molecule has 0 saturated carbocycles. The number of halogens is 2. The molecule has 0 amide bonds. The van der Waals surface area contributed by atoms with E-state index in [9.17, 15) is 19.0 Å². The van der Waals surface area contributed by atoms with E-state index in [1.54, 1.807) is 6.07 Å². The van der Waals surface area contributed by atoms with Gasteiger partial charge in [-0.15, -0.1) is 0 Å². The number of hydrogen-bond acceptors (Lipinski definition) is 3. The Hall–Kier alpha value is -2.56. The summed E-state index contributed by atoms with van der Waals surface area (Å²) in [6.45, 7) is 5.70. The molecule has 2 aromatic carbocycles. The van der Waals surface area contributed by atoms with Crippen LogP contribution in [-0.2, 0) is 5.92 Å². The number of phenols is 1. The van der Waals surface area contributed by atoms with Gasteiger partial charge in [0.25, 0.3) is 5.92 Å². The van der Waals surface area contributed by atoms with Gasteiger partial charge in [0, 0.05) is 36.8 Å². The zero-order chi connectivity index (χ0) is 17.5. The van der Waals surface area contributed by atoms with Crippen LogP contribution in [0.5, 0.6) is 5.75 Å². The van der Waals surface area contributed by atoms with Crippen molar-refractivity contribution in [3.05, 3.63) is 60.4 Å². The monoisotopic (exact) mass is 331 g/mol. The summed E-state index contributed by atoms with van der Waals surface area (Å²) in [6.07, 6.45) is 0. The minimum Gasteiger partial charge on any atom is -0.513 e. The minimum atomic E-state index is -2.97. The Labute approximate surface area is 139 Å². The molecule has 0 bridgehead atoms. The van der Waals surface area contributed by atoms with E-state index in [2.05, 4.69) is 11.5 Å². The third-order valence-electron chi connectivity index (χ3n) is 4.38. The van der Waals surface area contributed by atoms with E-state index in [4.69, 9.17) is 0 Å². The quantitative estimate of drug-likeness (QED) is 0.800. The number of alkyl halides is 2. The Morgan fingerprint density at radius 1 is 1.21 bits per heavy atom. The molecule has 1 fully saturated rings. The molecular formula is C19H19F2NO2. The van der Waals surface area contributed by atoms with E-state index in [1.807, 2.05) is 18.2 Å². The number of phenolic OH excluding ortho intramolecular Hbond substituents is 1. The maximum atomic E-state index is 13.6. The number of rotatable bonds is 4. The number of aliphatic hydroxyl groups is 1. The highest BCUT2D eigenvalue weighted by Gasteiger charge is 2.29. The van der Waals surface area contributed by atoms with Crippen LogP contribution in [0.2, 0.25) is 0 Å². The van der Waals surface area contributed by atoms with E-state index in [0.717, 1.165) is 12.6 Å². The molecule has 1 heterocycles. The maximum Gasteiger partial charge on any atom is 0.270 e. The molecule has 0 atom stereocenters. The number of aliphatic hydroxyl groups excluding tert-OH is 1. The van der Waals surface area contributed by atoms with E-state index in [0.29, 0.717) is 24.2 Å². The summed E-state index contributed by atoms with van der Waals surface area (Å²) in [5.74, 6) is -2.76. The van der Waals surface area contributed by atoms with Crippen LogP contribution < -0.4 is 4.90 Å². The normalized spacial score (nSPS) is 15.2. The standard InChI is InChI=1S/C19H19F2NO2/c1-12(23)14-10-22(11-14)16-5-3-4-13(8-16)17-9-15(19(2,20)21)6-7-18(17)24/h3-9,14,23-24H,1,10-11H2,2H3. The molecule has 0 aliphatic carbocycles. The lowest BCUT2D eigenvalue weighted by molar-refractivity contribution is 0.0175. The molecule has 0 spiro atoms. The summed E-state index contributed by atoms with van der Waals surface area (Å²) >= 11 is 0. The Bertz CT molecular complexity index is 777. The first kappa shape index (κ1) is 16.3. The summed E-state index contributed by atoms with van der Waals surface area (Å²) < 4.78 is 27.1. The topological polar surface area (TPSA) is 43.7 Å². The van der Waals surface area contributed by atoms with Crippen LogP contribution >= 0.6 is 0 Å². The highest BCUT2D eigenvalue weighted by molar-refractivity contribution is 5.74. The van der Waals surface area contributed by atoms with Crippen molar-refractivity contribution in [3.8, 4) is 16.9 Å². The lowest BCUT2D eigenvalue weighted by atomic mass is 9.95. The van der Waals surface area contributed by atoms with Crippen molar-refractivity contribution in [2.75, 3.05) is 18.0 Å². The molecule has 0 radical (unpaired) electrons. The van der Waals surface area contributed by atoms with Crippen LogP contribution in [0.25, 0.3) is 11.1 Å². The van der Waals surface area contributed by atoms with Crippen LogP contribution in [0.1, 0.15) is 12.5 Å². The number of aromatic hydroxyl groups is 1. The van der Waals surface area contributed by atoms with Gasteiger partial charge >= 0.3 is 0 Å². The SMILES string of the molecule is C=C(O)C1CN(c2cccc(-c3cc(C(C)(F)F)ccc3O)c2)C1. The molecule has 1 saturated heterocycles.